The second kappa shape index (κ2) is 6.33. The third kappa shape index (κ3) is 2.71. The highest BCUT2D eigenvalue weighted by molar-refractivity contribution is 7.90. The van der Waals surface area contributed by atoms with Crippen molar-refractivity contribution in [1.82, 2.24) is 4.31 Å². The zero-order valence-electron chi connectivity index (χ0n) is 18.7. The fourth-order valence-corrected chi connectivity index (χ4v) is 9.58. The van der Waals surface area contributed by atoms with Crippen molar-refractivity contribution >= 4 is 21.7 Å². The first-order valence-electron chi connectivity index (χ1n) is 11.2. The van der Waals surface area contributed by atoms with Gasteiger partial charge in [0.1, 0.15) is 5.76 Å². The lowest BCUT2D eigenvalue weighted by Gasteiger charge is -2.37. The van der Waals surface area contributed by atoms with Gasteiger partial charge in [0.2, 0.25) is 10.0 Å². The van der Waals surface area contributed by atoms with Crippen LogP contribution in [0.15, 0.2) is 35.1 Å². The molecule has 2 saturated heterocycles. The molecular formula is C24H31NO5S. The topological polar surface area (TPSA) is 80.8 Å². The van der Waals surface area contributed by atoms with E-state index < -0.39 is 15.9 Å². The number of allylic oxidation sites excluding steroid dienone is 5. The number of amides is 1. The van der Waals surface area contributed by atoms with E-state index in [2.05, 4.69) is 13.8 Å². The van der Waals surface area contributed by atoms with Crippen molar-refractivity contribution in [2.75, 3.05) is 12.4 Å². The second-order valence-corrected chi connectivity index (χ2v) is 12.8. The molecule has 0 unspecified atom stereocenters. The molecule has 1 amide bonds. The van der Waals surface area contributed by atoms with Crippen LogP contribution in [0.4, 0.5) is 0 Å². The summed E-state index contributed by atoms with van der Waals surface area (Å²) in [6.07, 6.45) is 8.87. The molecule has 6 nitrogen and oxygen atoms in total. The van der Waals surface area contributed by atoms with Gasteiger partial charge in [0, 0.05) is 22.0 Å². The molecule has 0 aromatic heterocycles. The fraction of sp³-hybridized carbons (Fsp3) is 0.667. The summed E-state index contributed by atoms with van der Waals surface area (Å²) in [4.78, 5) is 26.1. The molecule has 2 aliphatic heterocycles. The molecule has 7 heteroatoms. The van der Waals surface area contributed by atoms with Crippen molar-refractivity contribution < 1.29 is 22.7 Å². The van der Waals surface area contributed by atoms with Gasteiger partial charge >= 0.3 is 0 Å². The highest BCUT2D eigenvalue weighted by Gasteiger charge is 2.72. The van der Waals surface area contributed by atoms with Crippen molar-refractivity contribution in [2.45, 2.75) is 65.8 Å². The number of Topliss-reactive ketones (excluding diaryl/α,β-unsaturated/α-hetero) is 1. The second-order valence-electron chi connectivity index (χ2n) is 10.9. The van der Waals surface area contributed by atoms with Crippen molar-refractivity contribution in [3.8, 4) is 0 Å². The molecule has 0 N–H and O–H groups in total. The standard InChI is InChI=1S/C24H31NO5S/c1-15(26)16-5-6-20-23(4,9-10-30-20)13-17(11-16)21(27)25-19-12-18-7-8-24(19,22(18,2)3)14-31(25,28)29/h5-6,11,18-19H,7-10,12-14H2,1-4H3/b16-5+,17-11+,20-6+/t18-,19-,23-,24-/m1/s1. The average Bonchev–Trinajstić information content (AvgIpc) is 3.27. The maximum absolute atomic E-state index is 13.9. The third-order valence-electron chi connectivity index (χ3n) is 9.12. The highest BCUT2D eigenvalue weighted by atomic mass is 32.2. The zero-order chi connectivity index (χ0) is 22.4. The van der Waals surface area contributed by atoms with Crippen LogP contribution in [0.3, 0.4) is 0 Å². The predicted molar refractivity (Wildman–Crippen MR) is 116 cm³/mol. The predicted octanol–water partition coefficient (Wildman–Crippen LogP) is 3.51. The number of hydrogen-bond donors (Lipinski definition) is 0. The number of carbonyl (C=O) groups excluding carboxylic acids is 2. The van der Waals surface area contributed by atoms with Gasteiger partial charge in [-0.3, -0.25) is 9.59 Å². The van der Waals surface area contributed by atoms with Crippen LogP contribution in [-0.4, -0.2) is 42.8 Å². The van der Waals surface area contributed by atoms with Gasteiger partial charge in [-0.2, -0.15) is 0 Å². The maximum atomic E-state index is 13.9. The number of nitrogens with zero attached hydrogens (tertiary/aromatic N) is 1. The summed E-state index contributed by atoms with van der Waals surface area (Å²) in [6.45, 7) is 8.40. The number of sulfonamides is 1. The average molecular weight is 446 g/mol. The quantitative estimate of drug-likeness (QED) is 0.650. The number of ether oxygens (including phenoxy) is 1. The van der Waals surface area contributed by atoms with Crippen LogP contribution in [-0.2, 0) is 24.3 Å². The molecule has 3 aliphatic carbocycles. The molecule has 5 rings (SSSR count). The van der Waals surface area contributed by atoms with E-state index in [1.807, 2.05) is 13.0 Å². The Bertz CT molecular complexity index is 1080. The zero-order valence-corrected chi connectivity index (χ0v) is 19.5. The van der Waals surface area contributed by atoms with E-state index in [9.17, 15) is 18.0 Å². The van der Waals surface area contributed by atoms with Crippen molar-refractivity contribution in [3.05, 3.63) is 35.1 Å². The first kappa shape index (κ1) is 21.0. The van der Waals surface area contributed by atoms with E-state index in [1.54, 1.807) is 12.2 Å². The van der Waals surface area contributed by atoms with E-state index in [0.29, 0.717) is 30.1 Å². The van der Waals surface area contributed by atoms with Crippen LogP contribution in [0.5, 0.6) is 0 Å². The van der Waals surface area contributed by atoms with Crippen LogP contribution in [0.2, 0.25) is 0 Å². The lowest BCUT2D eigenvalue weighted by atomic mass is 9.69. The van der Waals surface area contributed by atoms with Gasteiger partial charge in [-0.25, -0.2) is 12.7 Å². The highest BCUT2D eigenvalue weighted by Crippen LogP contribution is 2.70. The Morgan fingerprint density at radius 3 is 2.58 bits per heavy atom. The van der Waals surface area contributed by atoms with Crippen LogP contribution >= 0.6 is 0 Å². The molecule has 0 aromatic carbocycles. The number of rotatable bonds is 2. The number of ketones is 1. The van der Waals surface area contributed by atoms with Crippen LogP contribution in [0.25, 0.3) is 0 Å². The van der Waals surface area contributed by atoms with Gasteiger partial charge in [-0.15, -0.1) is 0 Å². The van der Waals surface area contributed by atoms with Crippen molar-refractivity contribution in [1.29, 1.82) is 0 Å². The first-order chi connectivity index (χ1) is 14.4. The Kier molecular flexibility index (Phi) is 4.29. The Morgan fingerprint density at radius 1 is 1.16 bits per heavy atom. The molecule has 0 aromatic rings. The van der Waals surface area contributed by atoms with E-state index >= 15 is 0 Å². The SMILES string of the molecule is CC(=O)C1=C/C=C2/OCC[C@]2(C)C/C(C(=O)N2[C@@H]3C[C@H]4CC[C@]3(CS2(=O)=O)C4(C)C)=C\1. The van der Waals surface area contributed by atoms with Gasteiger partial charge in [-0.1, -0.05) is 20.8 Å². The van der Waals surface area contributed by atoms with Crippen LogP contribution in [0, 0.1) is 22.2 Å². The van der Waals surface area contributed by atoms with E-state index in [-0.39, 0.29) is 33.8 Å². The lowest BCUT2D eigenvalue weighted by Crippen LogP contribution is -2.45. The number of carbonyl (C=O) groups is 2. The van der Waals surface area contributed by atoms with E-state index in [0.717, 1.165) is 31.4 Å². The molecule has 2 heterocycles. The summed E-state index contributed by atoms with van der Waals surface area (Å²) >= 11 is 0. The first-order valence-corrected chi connectivity index (χ1v) is 12.9. The van der Waals surface area contributed by atoms with Crippen molar-refractivity contribution in [3.63, 3.8) is 0 Å². The Morgan fingerprint density at radius 2 is 1.90 bits per heavy atom. The summed E-state index contributed by atoms with van der Waals surface area (Å²) in [6, 6.07) is -0.280. The molecule has 0 radical (unpaired) electrons. The Labute approximate surface area is 184 Å². The molecule has 2 bridgehead atoms. The van der Waals surface area contributed by atoms with E-state index in [1.165, 1.54) is 11.2 Å². The monoisotopic (exact) mass is 445 g/mol. The summed E-state index contributed by atoms with van der Waals surface area (Å²) in [5.74, 6) is 0.634. The van der Waals surface area contributed by atoms with Crippen LogP contribution in [0.1, 0.15) is 59.8 Å². The number of fused-ring (bicyclic) bond motifs is 2. The minimum absolute atomic E-state index is 0.0497. The fourth-order valence-electron chi connectivity index (χ4n) is 7.04. The van der Waals surface area contributed by atoms with Gasteiger partial charge in [0.25, 0.3) is 5.91 Å². The minimum atomic E-state index is -3.72. The molecule has 31 heavy (non-hydrogen) atoms. The molecule has 4 atom stereocenters. The van der Waals surface area contributed by atoms with E-state index in [4.69, 9.17) is 4.74 Å². The number of hydrogen-bond acceptors (Lipinski definition) is 5. The normalized spacial score (nSPS) is 44.5. The molecule has 1 spiro atoms. The Balaban J connectivity index is 1.58. The van der Waals surface area contributed by atoms with Gasteiger partial charge in [0.15, 0.2) is 5.78 Å². The van der Waals surface area contributed by atoms with Crippen LogP contribution < -0.4 is 0 Å². The third-order valence-corrected chi connectivity index (χ3v) is 11.0. The smallest absolute Gasteiger partial charge is 0.263 e. The van der Waals surface area contributed by atoms with Gasteiger partial charge < -0.3 is 4.74 Å². The summed E-state index contributed by atoms with van der Waals surface area (Å²) < 4.78 is 33.7. The minimum Gasteiger partial charge on any atom is -0.497 e. The van der Waals surface area contributed by atoms with Gasteiger partial charge in [-0.05, 0) is 68.6 Å². The lowest BCUT2D eigenvalue weighted by molar-refractivity contribution is -0.125. The molecule has 4 fully saturated rings. The Hall–Kier alpha value is -1.89. The molecule has 5 aliphatic rings. The largest absolute Gasteiger partial charge is 0.497 e. The summed E-state index contributed by atoms with van der Waals surface area (Å²) in [7, 11) is -3.72. The van der Waals surface area contributed by atoms with Crippen molar-refractivity contribution in [2.24, 2.45) is 22.2 Å². The molecular weight excluding hydrogens is 414 g/mol. The summed E-state index contributed by atoms with van der Waals surface area (Å²) in [5.41, 5.74) is -0.0518. The molecule has 168 valence electrons. The molecule has 2 saturated carbocycles. The van der Waals surface area contributed by atoms with Gasteiger partial charge in [0.05, 0.1) is 18.4 Å². The maximum Gasteiger partial charge on any atom is 0.263 e. The summed E-state index contributed by atoms with van der Waals surface area (Å²) in [5, 5.41) is 0.